The minimum atomic E-state index is 0.219. The molecule has 0 bridgehead atoms. The van der Waals surface area contributed by atoms with Gasteiger partial charge >= 0.3 is 0 Å². The van der Waals surface area contributed by atoms with Gasteiger partial charge in [0, 0.05) is 12.2 Å². The van der Waals surface area contributed by atoms with E-state index >= 15 is 0 Å². The van der Waals surface area contributed by atoms with Crippen LogP contribution < -0.4 is 10.1 Å². The molecule has 0 spiro atoms. The van der Waals surface area contributed by atoms with Gasteiger partial charge in [-0.2, -0.15) is 0 Å². The highest BCUT2D eigenvalue weighted by molar-refractivity contribution is 9.11. The van der Waals surface area contributed by atoms with Gasteiger partial charge in [0.2, 0.25) is 0 Å². The summed E-state index contributed by atoms with van der Waals surface area (Å²) in [7, 11) is 0. The molecule has 2 rings (SSSR count). The zero-order valence-electron chi connectivity index (χ0n) is 11.9. The third kappa shape index (κ3) is 4.14. The maximum Gasteiger partial charge on any atom is 0.143 e. The predicted molar refractivity (Wildman–Crippen MR) is 93.2 cm³/mol. The first kappa shape index (κ1) is 16.2. The summed E-state index contributed by atoms with van der Waals surface area (Å²) < 4.78 is 6.84. The zero-order valence-corrected chi connectivity index (χ0v) is 15.1. The number of aryl methyl sites for hydroxylation is 1. The highest BCUT2D eigenvalue weighted by Gasteiger charge is 2.06. The van der Waals surface area contributed by atoms with Crippen molar-refractivity contribution in [1.82, 2.24) is 0 Å². The second kappa shape index (κ2) is 7.18. The molecular weight excluding hydrogens is 398 g/mol. The Morgan fingerprint density at radius 2 is 1.81 bits per heavy atom. The average Bonchev–Trinajstić information content (AvgIpc) is 2.44. The molecule has 0 atom stereocenters. The van der Waals surface area contributed by atoms with Crippen molar-refractivity contribution in [2.75, 3.05) is 11.9 Å². The molecule has 2 aromatic carbocycles. The van der Waals surface area contributed by atoms with Gasteiger partial charge < -0.3 is 15.2 Å². The number of anilines is 1. The molecule has 0 heterocycles. The molecule has 0 aromatic heterocycles. The summed E-state index contributed by atoms with van der Waals surface area (Å²) in [5, 5.41) is 13.1. The molecule has 0 unspecified atom stereocenters. The number of aromatic hydroxyl groups is 1. The van der Waals surface area contributed by atoms with Gasteiger partial charge in [-0.3, -0.25) is 0 Å². The van der Waals surface area contributed by atoms with Crippen LogP contribution in [0.25, 0.3) is 0 Å². The third-order valence-corrected chi connectivity index (χ3v) is 4.28. The normalized spacial score (nSPS) is 10.5. The third-order valence-electron chi connectivity index (χ3n) is 3.07. The molecule has 0 aliphatic heterocycles. The van der Waals surface area contributed by atoms with E-state index in [1.54, 1.807) is 0 Å². The molecule has 2 N–H and O–H groups in total. The van der Waals surface area contributed by atoms with Crippen LogP contribution in [0.4, 0.5) is 5.69 Å². The highest BCUT2D eigenvalue weighted by atomic mass is 79.9. The first-order chi connectivity index (χ1) is 10.0. The smallest absolute Gasteiger partial charge is 0.143 e. The number of hydrogen-bond donors (Lipinski definition) is 2. The Morgan fingerprint density at radius 1 is 1.14 bits per heavy atom. The van der Waals surface area contributed by atoms with E-state index in [-0.39, 0.29) is 5.75 Å². The number of halogens is 2. The van der Waals surface area contributed by atoms with Crippen molar-refractivity contribution in [2.45, 2.75) is 20.4 Å². The van der Waals surface area contributed by atoms with Crippen molar-refractivity contribution in [2.24, 2.45) is 0 Å². The summed E-state index contributed by atoms with van der Waals surface area (Å²) in [4.78, 5) is 0. The fourth-order valence-electron chi connectivity index (χ4n) is 2.01. The molecular formula is C16H17Br2NO2. The monoisotopic (exact) mass is 413 g/mol. The van der Waals surface area contributed by atoms with E-state index in [0.29, 0.717) is 22.1 Å². The van der Waals surface area contributed by atoms with Crippen molar-refractivity contribution in [3.8, 4) is 11.5 Å². The zero-order chi connectivity index (χ0) is 15.4. The Hall–Kier alpha value is -1.20. The largest absolute Gasteiger partial charge is 0.506 e. The maximum atomic E-state index is 9.71. The maximum absolute atomic E-state index is 9.71. The molecule has 112 valence electrons. The summed E-state index contributed by atoms with van der Waals surface area (Å²) in [6, 6.07) is 9.80. The first-order valence-corrected chi connectivity index (χ1v) is 8.24. The van der Waals surface area contributed by atoms with Gasteiger partial charge in [-0.1, -0.05) is 0 Å². The van der Waals surface area contributed by atoms with Crippen LogP contribution in [0.3, 0.4) is 0 Å². The quantitative estimate of drug-likeness (QED) is 0.703. The molecule has 0 saturated carbocycles. The number of hydrogen-bond acceptors (Lipinski definition) is 3. The van der Waals surface area contributed by atoms with E-state index in [0.717, 1.165) is 22.6 Å². The lowest BCUT2D eigenvalue weighted by atomic mass is 10.1. The molecule has 0 aliphatic rings. The highest BCUT2D eigenvalue weighted by Crippen LogP contribution is 2.33. The molecule has 0 amide bonds. The summed E-state index contributed by atoms with van der Waals surface area (Å²) in [6.07, 6.45) is 0. The summed E-state index contributed by atoms with van der Waals surface area (Å²) >= 11 is 6.68. The minimum Gasteiger partial charge on any atom is -0.506 e. The Bertz CT molecular complexity index is 621. The van der Waals surface area contributed by atoms with Crippen LogP contribution in [0.5, 0.6) is 11.5 Å². The predicted octanol–water partition coefficient (Wildman–Crippen LogP) is 5.24. The number of nitrogens with one attached hydrogen (secondary N) is 1. The van der Waals surface area contributed by atoms with Crippen LogP contribution in [0.15, 0.2) is 39.3 Å². The van der Waals surface area contributed by atoms with Crippen molar-refractivity contribution in [1.29, 1.82) is 0 Å². The second-order valence-corrected chi connectivity index (χ2v) is 6.38. The summed E-state index contributed by atoms with van der Waals surface area (Å²) in [5.41, 5.74) is 3.27. The Kier molecular flexibility index (Phi) is 5.53. The van der Waals surface area contributed by atoms with Crippen molar-refractivity contribution in [3.63, 3.8) is 0 Å². The van der Waals surface area contributed by atoms with Crippen molar-refractivity contribution >= 4 is 37.5 Å². The SMILES string of the molecule is CCOc1ccc(NCc2cc(Br)c(O)c(Br)c2)c(C)c1. The standard InChI is InChI=1S/C16H17Br2NO2/c1-3-21-12-4-5-15(10(2)6-12)19-9-11-7-13(17)16(20)14(18)8-11/h4-8,19-20H,3,9H2,1-2H3. The van der Waals surface area contributed by atoms with Crippen LogP contribution in [-0.2, 0) is 6.54 Å². The van der Waals surface area contributed by atoms with Gasteiger partial charge in [0.15, 0.2) is 0 Å². The minimum absolute atomic E-state index is 0.219. The lowest BCUT2D eigenvalue weighted by Gasteiger charge is -2.12. The summed E-state index contributed by atoms with van der Waals surface area (Å²) in [5.74, 6) is 1.10. The van der Waals surface area contributed by atoms with Gasteiger partial charge in [0.1, 0.15) is 11.5 Å². The van der Waals surface area contributed by atoms with Crippen molar-refractivity contribution < 1.29 is 9.84 Å². The fourth-order valence-corrected chi connectivity index (χ4v) is 3.29. The molecule has 3 nitrogen and oxygen atoms in total. The van der Waals surface area contributed by atoms with Gasteiger partial charge in [0.25, 0.3) is 0 Å². The van der Waals surface area contributed by atoms with Crippen molar-refractivity contribution in [3.05, 3.63) is 50.4 Å². The topological polar surface area (TPSA) is 41.5 Å². The van der Waals surface area contributed by atoms with Gasteiger partial charge in [-0.05, 0) is 87.2 Å². The van der Waals surface area contributed by atoms with Crippen LogP contribution in [-0.4, -0.2) is 11.7 Å². The number of rotatable bonds is 5. The van der Waals surface area contributed by atoms with Gasteiger partial charge in [0.05, 0.1) is 15.6 Å². The lowest BCUT2D eigenvalue weighted by Crippen LogP contribution is -2.02. The van der Waals surface area contributed by atoms with Crippen LogP contribution >= 0.6 is 31.9 Å². The molecule has 5 heteroatoms. The van der Waals surface area contributed by atoms with E-state index in [1.807, 2.05) is 44.2 Å². The van der Waals surface area contributed by atoms with Crippen LogP contribution in [0.2, 0.25) is 0 Å². The first-order valence-electron chi connectivity index (χ1n) is 6.65. The van der Waals surface area contributed by atoms with E-state index in [9.17, 15) is 5.11 Å². The molecule has 0 radical (unpaired) electrons. The number of phenols is 1. The molecule has 0 aliphatic carbocycles. The van der Waals surface area contributed by atoms with E-state index < -0.39 is 0 Å². The Balaban J connectivity index is 2.09. The number of ether oxygens (including phenoxy) is 1. The molecule has 21 heavy (non-hydrogen) atoms. The average molecular weight is 415 g/mol. The van der Waals surface area contributed by atoms with Crippen LogP contribution in [0.1, 0.15) is 18.1 Å². The summed E-state index contributed by atoms with van der Waals surface area (Å²) in [6.45, 7) is 5.36. The lowest BCUT2D eigenvalue weighted by molar-refractivity contribution is 0.340. The fraction of sp³-hybridized carbons (Fsp3) is 0.250. The number of phenolic OH excluding ortho intramolecular Hbond substituents is 1. The molecule has 2 aromatic rings. The van der Waals surface area contributed by atoms with E-state index in [2.05, 4.69) is 37.2 Å². The Labute approximate surface area is 141 Å². The molecule has 0 saturated heterocycles. The van der Waals surface area contributed by atoms with E-state index in [4.69, 9.17) is 4.74 Å². The Morgan fingerprint density at radius 3 is 2.38 bits per heavy atom. The molecule has 0 fully saturated rings. The van der Waals surface area contributed by atoms with Gasteiger partial charge in [-0.15, -0.1) is 0 Å². The second-order valence-electron chi connectivity index (χ2n) is 4.67. The van der Waals surface area contributed by atoms with E-state index in [1.165, 1.54) is 0 Å². The van der Waals surface area contributed by atoms with Crippen LogP contribution in [0, 0.1) is 6.92 Å². The van der Waals surface area contributed by atoms with Gasteiger partial charge in [-0.25, -0.2) is 0 Å². The number of benzene rings is 2.